The number of thioether (sulfide) groups is 1. The lowest BCUT2D eigenvalue weighted by atomic mass is 9.95. The van der Waals surface area contributed by atoms with Crippen molar-refractivity contribution in [2.24, 2.45) is 0 Å². The first-order valence-corrected chi connectivity index (χ1v) is 6.51. The van der Waals surface area contributed by atoms with E-state index < -0.39 is 0 Å². The van der Waals surface area contributed by atoms with E-state index in [1.165, 1.54) is 10.5 Å². The van der Waals surface area contributed by atoms with Crippen LogP contribution in [-0.2, 0) is 0 Å². The van der Waals surface area contributed by atoms with Gasteiger partial charge in [-0.25, -0.2) is 0 Å². The molecule has 80 valence electrons. The van der Waals surface area contributed by atoms with Crippen LogP contribution in [0, 0.1) is 0 Å². The monoisotopic (exact) mass is 220 g/mol. The summed E-state index contributed by atoms with van der Waals surface area (Å²) < 4.78 is 0. The molecule has 1 atom stereocenters. The number of hydrogen-bond acceptors (Lipinski definition) is 2. The van der Waals surface area contributed by atoms with Gasteiger partial charge in [0.2, 0.25) is 0 Å². The molecule has 1 aromatic rings. The first-order chi connectivity index (χ1) is 7.22. The smallest absolute Gasteiger partial charge is 0.164 e. The first kappa shape index (κ1) is 10.7. The number of Topliss-reactive ketones (excluding diaryl/α,β-unsaturated/α-hetero) is 1. The minimum absolute atomic E-state index is 0.314. The van der Waals surface area contributed by atoms with Gasteiger partial charge in [-0.05, 0) is 30.0 Å². The molecule has 1 aromatic carbocycles. The summed E-state index contributed by atoms with van der Waals surface area (Å²) >= 11 is 1.80. The molecule has 0 saturated heterocycles. The molecule has 0 fully saturated rings. The maximum Gasteiger partial charge on any atom is 0.164 e. The topological polar surface area (TPSA) is 17.1 Å². The second kappa shape index (κ2) is 4.40. The van der Waals surface area contributed by atoms with E-state index in [0.717, 1.165) is 17.7 Å². The van der Waals surface area contributed by atoms with Crippen molar-refractivity contribution in [2.45, 2.75) is 37.5 Å². The summed E-state index contributed by atoms with van der Waals surface area (Å²) in [4.78, 5) is 12.9. The highest BCUT2D eigenvalue weighted by atomic mass is 32.2. The fourth-order valence-electron chi connectivity index (χ4n) is 1.82. The molecule has 2 rings (SSSR count). The summed E-state index contributed by atoms with van der Waals surface area (Å²) in [6.07, 6.45) is 1.82. The lowest BCUT2D eigenvalue weighted by molar-refractivity contribution is 0.0984. The number of rotatable bonds is 2. The Labute approximate surface area is 95.3 Å². The molecule has 0 spiro atoms. The predicted molar refractivity (Wildman–Crippen MR) is 64.8 cm³/mol. The molecule has 15 heavy (non-hydrogen) atoms. The zero-order valence-corrected chi connectivity index (χ0v) is 10.1. The average Bonchev–Trinajstić information content (AvgIpc) is 2.28. The van der Waals surface area contributed by atoms with Crippen molar-refractivity contribution in [2.75, 3.05) is 5.75 Å². The van der Waals surface area contributed by atoms with Crippen LogP contribution in [0.1, 0.15) is 48.5 Å². The van der Waals surface area contributed by atoms with Crippen molar-refractivity contribution in [3.63, 3.8) is 0 Å². The van der Waals surface area contributed by atoms with Gasteiger partial charge in [-0.15, -0.1) is 11.8 Å². The van der Waals surface area contributed by atoms with E-state index in [2.05, 4.69) is 32.0 Å². The van der Waals surface area contributed by atoms with Gasteiger partial charge < -0.3 is 0 Å². The van der Waals surface area contributed by atoms with E-state index >= 15 is 0 Å². The molecule has 0 radical (unpaired) electrons. The van der Waals surface area contributed by atoms with Crippen molar-refractivity contribution in [3.8, 4) is 0 Å². The van der Waals surface area contributed by atoms with Gasteiger partial charge in [0.05, 0.1) is 0 Å². The van der Waals surface area contributed by atoms with Crippen LogP contribution < -0.4 is 0 Å². The number of carbonyl (C=O) groups excluding carboxylic acids is 1. The van der Waals surface area contributed by atoms with Crippen molar-refractivity contribution in [1.29, 1.82) is 0 Å². The molecule has 0 aromatic heterocycles. The highest BCUT2D eigenvalue weighted by Gasteiger charge is 2.18. The Morgan fingerprint density at radius 2 is 2.27 bits per heavy atom. The number of ketones is 1. The molecule has 1 aliphatic rings. The Hall–Kier alpha value is -0.760. The second-order valence-electron chi connectivity index (χ2n) is 4.09. The van der Waals surface area contributed by atoms with Gasteiger partial charge in [-0.1, -0.05) is 19.9 Å². The maximum atomic E-state index is 11.7. The Morgan fingerprint density at radius 3 is 3.00 bits per heavy atom. The van der Waals surface area contributed by atoms with Crippen LogP contribution >= 0.6 is 11.8 Å². The first-order valence-electron chi connectivity index (χ1n) is 5.52. The zero-order chi connectivity index (χ0) is 10.8. The van der Waals surface area contributed by atoms with E-state index in [0.29, 0.717) is 18.1 Å². The standard InChI is InChI=1S/C13H16OS/c1-3-9(2)10-4-5-13-11(8-10)12(14)6-7-15-13/h4-5,8-9H,3,6-7H2,1-2H3. The molecule has 0 N–H and O–H groups in total. The maximum absolute atomic E-state index is 11.7. The van der Waals surface area contributed by atoms with Gasteiger partial charge in [0.25, 0.3) is 0 Å². The highest BCUT2D eigenvalue weighted by Crippen LogP contribution is 2.32. The summed E-state index contributed by atoms with van der Waals surface area (Å²) in [6.45, 7) is 4.39. The summed E-state index contributed by atoms with van der Waals surface area (Å²) in [7, 11) is 0. The molecule has 1 unspecified atom stereocenters. The van der Waals surface area contributed by atoms with Gasteiger partial charge >= 0.3 is 0 Å². The average molecular weight is 220 g/mol. The molecular formula is C13H16OS. The number of benzene rings is 1. The van der Waals surface area contributed by atoms with Crippen LogP contribution in [0.25, 0.3) is 0 Å². The number of hydrogen-bond donors (Lipinski definition) is 0. The lowest BCUT2D eigenvalue weighted by Crippen LogP contribution is -2.09. The number of carbonyl (C=O) groups is 1. The zero-order valence-electron chi connectivity index (χ0n) is 9.25. The van der Waals surface area contributed by atoms with E-state index in [4.69, 9.17) is 0 Å². The van der Waals surface area contributed by atoms with Crippen LogP contribution in [0.5, 0.6) is 0 Å². The normalized spacial score (nSPS) is 17.3. The van der Waals surface area contributed by atoms with Crippen LogP contribution in [0.2, 0.25) is 0 Å². The fraction of sp³-hybridized carbons (Fsp3) is 0.462. The summed E-state index contributed by atoms with van der Waals surface area (Å²) in [5.41, 5.74) is 2.25. The van der Waals surface area contributed by atoms with Gasteiger partial charge in [-0.3, -0.25) is 4.79 Å². The second-order valence-corrected chi connectivity index (χ2v) is 5.22. The minimum atomic E-state index is 0.314. The van der Waals surface area contributed by atoms with Crippen molar-refractivity contribution in [3.05, 3.63) is 29.3 Å². The van der Waals surface area contributed by atoms with E-state index in [9.17, 15) is 4.79 Å². The van der Waals surface area contributed by atoms with Crippen LogP contribution in [0.3, 0.4) is 0 Å². The predicted octanol–water partition coefficient (Wildman–Crippen LogP) is 3.88. The van der Waals surface area contributed by atoms with Gasteiger partial charge in [0.1, 0.15) is 0 Å². The Morgan fingerprint density at radius 1 is 1.47 bits per heavy atom. The molecule has 2 heteroatoms. The van der Waals surface area contributed by atoms with E-state index in [1.54, 1.807) is 11.8 Å². The fourth-order valence-corrected chi connectivity index (χ4v) is 2.82. The van der Waals surface area contributed by atoms with E-state index in [1.807, 2.05) is 0 Å². The third-order valence-corrected chi connectivity index (χ3v) is 4.15. The van der Waals surface area contributed by atoms with Crippen molar-refractivity contribution >= 4 is 17.5 Å². The quantitative estimate of drug-likeness (QED) is 0.752. The third-order valence-electron chi connectivity index (χ3n) is 3.07. The van der Waals surface area contributed by atoms with Crippen LogP contribution in [0.4, 0.5) is 0 Å². The van der Waals surface area contributed by atoms with Crippen molar-refractivity contribution in [1.82, 2.24) is 0 Å². The van der Waals surface area contributed by atoms with Gasteiger partial charge in [0.15, 0.2) is 5.78 Å². The van der Waals surface area contributed by atoms with Crippen molar-refractivity contribution < 1.29 is 4.79 Å². The summed E-state index contributed by atoms with van der Waals surface area (Å²) in [5, 5.41) is 0. The van der Waals surface area contributed by atoms with Gasteiger partial charge in [0, 0.05) is 22.6 Å². The Balaban J connectivity index is 2.39. The molecule has 0 saturated carbocycles. The Bertz CT molecular complexity index is 384. The molecule has 1 aliphatic heterocycles. The molecule has 0 bridgehead atoms. The molecule has 0 aliphatic carbocycles. The van der Waals surface area contributed by atoms with Gasteiger partial charge in [-0.2, -0.15) is 0 Å². The molecule has 0 amide bonds. The van der Waals surface area contributed by atoms with E-state index in [-0.39, 0.29) is 0 Å². The SMILES string of the molecule is CCC(C)c1ccc2c(c1)C(=O)CCS2. The Kier molecular flexibility index (Phi) is 3.15. The summed E-state index contributed by atoms with van der Waals surface area (Å²) in [6, 6.07) is 6.37. The molecule has 1 heterocycles. The lowest BCUT2D eigenvalue weighted by Gasteiger charge is -2.17. The molecular weight excluding hydrogens is 204 g/mol. The minimum Gasteiger partial charge on any atom is -0.294 e. The highest BCUT2D eigenvalue weighted by molar-refractivity contribution is 7.99. The largest absolute Gasteiger partial charge is 0.294 e. The molecule has 1 nitrogen and oxygen atoms in total. The summed E-state index contributed by atoms with van der Waals surface area (Å²) in [5.74, 6) is 1.80. The van der Waals surface area contributed by atoms with Crippen LogP contribution in [-0.4, -0.2) is 11.5 Å². The van der Waals surface area contributed by atoms with Crippen LogP contribution in [0.15, 0.2) is 23.1 Å². The number of fused-ring (bicyclic) bond motifs is 1. The third kappa shape index (κ3) is 2.10.